The molecule has 0 radical (unpaired) electrons. The van der Waals surface area contributed by atoms with Gasteiger partial charge in [-0.25, -0.2) is 4.99 Å². The molecule has 0 spiro atoms. The second kappa shape index (κ2) is 9.41. The molecule has 0 saturated carbocycles. The average Bonchev–Trinajstić information content (AvgIpc) is 3.00. The number of nitrogens with one attached hydrogen (secondary N) is 1. The molecule has 1 aromatic heterocycles. The molecular weight excluding hydrogens is 320 g/mol. The first kappa shape index (κ1) is 19.2. The second-order valence-electron chi connectivity index (χ2n) is 6.55. The fraction of sp³-hybridized carbons (Fsp3) is 0.706. The fourth-order valence-corrected chi connectivity index (χ4v) is 2.63. The van der Waals surface area contributed by atoms with Crippen molar-refractivity contribution in [2.45, 2.75) is 26.8 Å². The van der Waals surface area contributed by atoms with Gasteiger partial charge in [0.25, 0.3) is 0 Å². The molecule has 1 aromatic rings. The lowest BCUT2D eigenvalue weighted by Crippen LogP contribution is -2.52. The Morgan fingerprint density at radius 2 is 2.08 bits per heavy atom. The van der Waals surface area contributed by atoms with Gasteiger partial charge < -0.3 is 19.6 Å². The number of aliphatic imine (C=N–C) groups is 1. The monoisotopic (exact) mass is 350 g/mol. The van der Waals surface area contributed by atoms with E-state index in [0.29, 0.717) is 0 Å². The third kappa shape index (κ3) is 6.04. The zero-order valence-corrected chi connectivity index (χ0v) is 15.8. The Hall–Kier alpha value is -2.09. The molecule has 1 saturated heterocycles. The summed E-state index contributed by atoms with van der Waals surface area (Å²) in [6.45, 7) is 9.48. The van der Waals surface area contributed by atoms with E-state index in [1.807, 2.05) is 13.0 Å². The highest BCUT2D eigenvalue weighted by Crippen LogP contribution is 2.09. The normalized spacial score (nSPS) is 16.2. The molecule has 25 heavy (non-hydrogen) atoms. The van der Waals surface area contributed by atoms with Gasteiger partial charge in [0.15, 0.2) is 5.96 Å². The number of likely N-dealkylation sites (N-methyl/N-ethyl adjacent to an activating group) is 1. The van der Waals surface area contributed by atoms with Gasteiger partial charge in [-0.15, -0.1) is 0 Å². The fourth-order valence-electron chi connectivity index (χ4n) is 2.63. The number of carbonyl (C=O) groups excluding carboxylic acids is 1. The molecule has 1 aliphatic heterocycles. The molecule has 140 valence electrons. The molecule has 1 aliphatic rings. The summed E-state index contributed by atoms with van der Waals surface area (Å²) in [5.41, 5.74) is 0.973. The van der Waals surface area contributed by atoms with Gasteiger partial charge in [-0.2, -0.15) is 0 Å². The van der Waals surface area contributed by atoms with Gasteiger partial charge in [0, 0.05) is 59.4 Å². The first-order chi connectivity index (χ1) is 12.0. The van der Waals surface area contributed by atoms with Gasteiger partial charge in [-0.05, 0) is 13.3 Å². The van der Waals surface area contributed by atoms with E-state index in [1.54, 1.807) is 19.0 Å². The van der Waals surface area contributed by atoms with E-state index < -0.39 is 0 Å². The Morgan fingerprint density at radius 1 is 1.36 bits per heavy atom. The minimum absolute atomic E-state index is 0.0100. The number of piperazine rings is 1. The summed E-state index contributed by atoms with van der Waals surface area (Å²) in [6, 6.07) is 1.98. The number of rotatable bonds is 6. The van der Waals surface area contributed by atoms with Gasteiger partial charge in [-0.1, -0.05) is 12.1 Å². The Bertz CT molecular complexity index is 575. The van der Waals surface area contributed by atoms with E-state index in [0.717, 1.165) is 63.1 Å². The third-order valence-electron chi connectivity index (χ3n) is 4.13. The maximum Gasteiger partial charge on any atom is 0.243 e. The maximum absolute atomic E-state index is 11.8. The number of aromatic nitrogens is 1. The van der Waals surface area contributed by atoms with Crippen LogP contribution in [0.2, 0.25) is 0 Å². The van der Waals surface area contributed by atoms with E-state index in [1.165, 1.54) is 0 Å². The molecule has 0 unspecified atom stereocenters. The minimum atomic E-state index is 0.0100. The first-order valence-corrected chi connectivity index (χ1v) is 8.87. The van der Waals surface area contributed by atoms with Gasteiger partial charge in [-0.3, -0.25) is 9.69 Å². The summed E-state index contributed by atoms with van der Waals surface area (Å²) in [4.78, 5) is 22.5. The van der Waals surface area contributed by atoms with E-state index in [4.69, 9.17) is 4.52 Å². The van der Waals surface area contributed by atoms with Crippen molar-refractivity contribution in [3.05, 3.63) is 17.5 Å². The topological polar surface area (TPSA) is 77.2 Å². The molecular formula is C17H30N6O2. The average molecular weight is 350 g/mol. The minimum Gasteiger partial charge on any atom is -0.361 e. The van der Waals surface area contributed by atoms with Crippen LogP contribution in [0.25, 0.3) is 0 Å². The number of guanidine groups is 1. The number of aryl methyl sites for hydroxylation is 1. The predicted molar refractivity (Wildman–Crippen MR) is 97.4 cm³/mol. The van der Waals surface area contributed by atoms with E-state index in [-0.39, 0.29) is 12.5 Å². The third-order valence-corrected chi connectivity index (χ3v) is 4.13. The lowest BCUT2D eigenvalue weighted by molar-refractivity contribution is -0.127. The zero-order valence-electron chi connectivity index (χ0n) is 15.8. The Balaban J connectivity index is 1.89. The molecule has 1 amide bonds. The number of nitrogens with zero attached hydrogens (tertiary/aromatic N) is 5. The van der Waals surface area contributed by atoms with Gasteiger partial charge >= 0.3 is 0 Å². The van der Waals surface area contributed by atoms with Crippen molar-refractivity contribution in [2.75, 3.05) is 53.4 Å². The quantitative estimate of drug-likeness (QED) is 0.596. The molecule has 8 heteroatoms. The van der Waals surface area contributed by atoms with Gasteiger partial charge in [0.05, 0.1) is 5.69 Å². The van der Waals surface area contributed by atoms with Crippen LogP contribution in [0.15, 0.2) is 15.6 Å². The highest BCUT2D eigenvalue weighted by molar-refractivity contribution is 5.84. The smallest absolute Gasteiger partial charge is 0.243 e. The van der Waals surface area contributed by atoms with Crippen molar-refractivity contribution >= 4 is 11.9 Å². The predicted octanol–water partition coefficient (Wildman–Crippen LogP) is 0.544. The second-order valence-corrected chi connectivity index (χ2v) is 6.55. The summed E-state index contributed by atoms with van der Waals surface area (Å²) in [7, 11) is 3.50. The van der Waals surface area contributed by atoms with Crippen LogP contribution in [-0.2, 0) is 11.3 Å². The lowest BCUT2D eigenvalue weighted by Gasteiger charge is -2.36. The number of hydrogen-bond acceptors (Lipinski definition) is 5. The summed E-state index contributed by atoms with van der Waals surface area (Å²) in [6.07, 6.45) is 1.02. The summed E-state index contributed by atoms with van der Waals surface area (Å²) >= 11 is 0. The van der Waals surface area contributed by atoms with Crippen molar-refractivity contribution in [1.29, 1.82) is 0 Å². The summed E-state index contributed by atoms with van der Waals surface area (Å²) < 4.78 is 5.13. The molecule has 2 heterocycles. The first-order valence-electron chi connectivity index (χ1n) is 8.87. The number of carbonyl (C=O) groups is 1. The number of hydrogen-bond donors (Lipinski definition) is 1. The SMILES string of the molecule is CCCNC(=NCC(=O)N(C)C)N1CCN(Cc2cc(C)on2)CC1. The molecule has 0 aromatic carbocycles. The van der Waals surface area contributed by atoms with E-state index >= 15 is 0 Å². The largest absolute Gasteiger partial charge is 0.361 e. The van der Waals surface area contributed by atoms with Crippen LogP contribution in [0.4, 0.5) is 0 Å². The standard InChI is InChI=1S/C17H30N6O2/c1-5-6-18-17(19-12-16(24)21(3)4)23-9-7-22(8-10-23)13-15-11-14(2)25-20-15/h11H,5-10,12-13H2,1-4H3,(H,18,19). The highest BCUT2D eigenvalue weighted by atomic mass is 16.5. The van der Waals surface area contributed by atoms with Crippen LogP contribution in [0.5, 0.6) is 0 Å². The summed E-state index contributed by atoms with van der Waals surface area (Å²) in [5.74, 6) is 1.68. The Labute approximate surface area is 149 Å². The number of amides is 1. The molecule has 2 rings (SSSR count). The molecule has 8 nitrogen and oxygen atoms in total. The molecule has 0 atom stereocenters. The summed E-state index contributed by atoms with van der Waals surface area (Å²) in [5, 5.41) is 7.42. The van der Waals surface area contributed by atoms with Crippen molar-refractivity contribution in [2.24, 2.45) is 4.99 Å². The van der Waals surface area contributed by atoms with E-state index in [2.05, 4.69) is 32.2 Å². The van der Waals surface area contributed by atoms with Crippen molar-refractivity contribution < 1.29 is 9.32 Å². The molecule has 1 N–H and O–H groups in total. The van der Waals surface area contributed by atoms with Crippen LogP contribution < -0.4 is 5.32 Å². The Morgan fingerprint density at radius 3 is 2.64 bits per heavy atom. The molecule has 0 aliphatic carbocycles. The maximum atomic E-state index is 11.8. The van der Waals surface area contributed by atoms with Crippen molar-refractivity contribution in [3.8, 4) is 0 Å². The van der Waals surface area contributed by atoms with Gasteiger partial charge in [0.2, 0.25) is 5.91 Å². The molecule has 0 bridgehead atoms. The van der Waals surface area contributed by atoms with Crippen molar-refractivity contribution in [1.82, 2.24) is 25.2 Å². The Kier molecular flexibility index (Phi) is 7.24. The molecule has 1 fully saturated rings. The van der Waals surface area contributed by atoms with Crippen LogP contribution in [0, 0.1) is 6.92 Å². The van der Waals surface area contributed by atoms with Crippen LogP contribution in [0.3, 0.4) is 0 Å². The highest BCUT2D eigenvalue weighted by Gasteiger charge is 2.21. The van der Waals surface area contributed by atoms with Crippen LogP contribution in [-0.4, -0.2) is 85.1 Å². The van der Waals surface area contributed by atoms with Gasteiger partial charge in [0.1, 0.15) is 12.3 Å². The van der Waals surface area contributed by atoms with E-state index in [9.17, 15) is 4.79 Å². The lowest BCUT2D eigenvalue weighted by atomic mass is 10.3. The van der Waals surface area contributed by atoms with Crippen LogP contribution >= 0.6 is 0 Å². The van der Waals surface area contributed by atoms with Crippen LogP contribution in [0.1, 0.15) is 24.8 Å². The zero-order chi connectivity index (χ0) is 18.2. The van der Waals surface area contributed by atoms with Crippen molar-refractivity contribution in [3.63, 3.8) is 0 Å².